The number of benzene rings is 1. The standard InChI is InChI=1S/C16H18ClN3O5/c1-10(15(23)19-12-6-4-11(17)5-7-12)25-14(22)3-2-8-20-13(21)9-18-16(20)24/h4-7,10H,2-3,8-9H2,1H3,(H,18,24)(H,19,23). The molecule has 1 aliphatic rings. The Morgan fingerprint density at radius 3 is 2.60 bits per heavy atom. The number of imide groups is 1. The van der Waals surface area contributed by atoms with Gasteiger partial charge in [-0.05, 0) is 37.6 Å². The van der Waals surface area contributed by atoms with Gasteiger partial charge in [-0.25, -0.2) is 4.79 Å². The van der Waals surface area contributed by atoms with Crippen LogP contribution in [-0.4, -0.2) is 47.9 Å². The third-order valence-corrected chi connectivity index (χ3v) is 3.74. The van der Waals surface area contributed by atoms with Crippen molar-refractivity contribution in [3.63, 3.8) is 0 Å². The molecule has 1 heterocycles. The van der Waals surface area contributed by atoms with Crippen LogP contribution in [0.4, 0.5) is 10.5 Å². The Bertz CT molecular complexity index is 661. The Morgan fingerprint density at radius 1 is 1.32 bits per heavy atom. The van der Waals surface area contributed by atoms with Crippen LogP contribution in [0.2, 0.25) is 5.02 Å². The van der Waals surface area contributed by atoms with Gasteiger partial charge < -0.3 is 15.4 Å². The normalized spacial score (nSPS) is 14.9. The lowest BCUT2D eigenvalue weighted by atomic mass is 10.2. The predicted octanol–water partition coefficient (Wildman–Crippen LogP) is 1.54. The van der Waals surface area contributed by atoms with Crippen LogP contribution in [0.1, 0.15) is 19.8 Å². The fourth-order valence-corrected chi connectivity index (χ4v) is 2.28. The zero-order chi connectivity index (χ0) is 18.4. The van der Waals surface area contributed by atoms with Crippen LogP contribution in [0.15, 0.2) is 24.3 Å². The molecule has 1 fully saturated rings. The van der Waals surface area contributed by atoms with E-state index in [0.29, 0.717) is 10.7 Å². The van der Waals surface area contributed by atoms with Gasteiger partial charge in [0, 0.05) is 23.7 Å². The molecule has 0 spiro atoms. The van der Waals surface area contributed by atoms with E-state index in [4.69, 9.17) is 16.3 Å². The Kier molecular flexibility index (Phi) is 6.35. The number of hydrogen-bond acceptors (Lipinski definition) is 5. The second kappa shape index (κ2) is 8.48. The number of anilines is 1. The highest BCUT2D eigenvalue weighted by molar-refractivity contribution is 6.30. The minimum atomic E-state index is -0.972. The average Bonchev–Trinajstić information content (AvgIpc) is 2.88. The summed E-state index contributed by atoms with van der Waals surface area (Å²) in [6.07, 6.45) is -0.709. The third-order valence-electron chi connectivity index (χ3n) is 3.49. The largest absolute Gasteiger partial charge is 0.453 e. The van der Waals surface area contributed by atoms with Gasteiger partial charge in [-0.2, -0.15) is 0 Å². The van der Waals surface area contributed by atoms with E-state index in [9.17, 15) is 19.2 Å². The van der Waals surface area contributed by atoms with Gasteiger partial charge >= 0.3 is 12.0 Å². The summed E-state index contributed by atoms with van der Waals surface area (Å²) in [7, 11) is 0. The van der Waals surface area contributed by atoms with Crippen molar-refractivity contribution in [2.45, 2.75) is 25.9 Å². The number of ether oxygens (including phenoxy) is 1. The predicted molar refractivity (Wildman–Crippen MR) is 90.0 cm³/mol. The summed E-state index contributed by atoms with van der Waals surface area (Å²) in [5.74, 6) is -1.37. The number of rotatable bonds is 7. The summed E-state index contributed by atoms with van der Waals surface area (Å²) in [6.45, 7) is 1.57. The lowest BCUT2D eigenvalue weighted by Crippen LogP contribution is -2.33. The van der Waals surface area contributed by atoms with Crippen molar-refractivity contribution < 1.29 is 23.9 Å². The van der Waals surface area contributed by atoms with Crippen molar-refractivity contribution in [3.05, 3.63) is 29.3 Å². The third kappa shape index (κ3) is 5.46. The van der Waals surface area contributed by atoms with Crippen molar-refractivity contribution in [2.75, 3.05) is 18.4 Å². The summed E-state index contributed by atoms with van der Waals surface area (Å²) in [5, 5.41) is 5.54. The number of hydrogen-bond donors (Lipinski definition) is 2. The monoisotopic (exact) mass is 367 g/mol. The second-order valence-electron chi connectivity index (χ2n) is 5.44. The molecule has 4 amide bonds. The topological polar surface area (TPSA) is 105 Å². The zero-order valence-electron chi connectivity index (χ0n) is 13.6. The molecule has 1 aromatic carbocycles. The Labute approximate surface area is 149 Å². The van der Waals surface area contributed by atoms with E-state index in [0.717, 1.165) is 4.90 Å². The highest BCUT2D eigenvalue weighted by Crippen LogP contribution is 2.14. The van der Waals surface area contributed by atoms with Gasteiger partial charge in [-0.1, -0.05) is 11.6 Å². The molecule has 0 saturated carbocycles. The highest BCUT2D eigenvalue weighted by atomic mass is 35.5. The summed E-state index contributed by atoms with van der Waals surface area (Å²) in [5.41, 5.74) is 0.538. The molecule has 1 saturated heterocycles. The van der Waals surface area contributed by atoms with Crippen molar-refractivity contribution >= 4 is 41.1 Å². The van der Waals surface area contributed by atoms with E-state index in [2.05, 4.69) is 10.6 Å². The smallest absolute Gasteiger partial charge is 0.324 e. The molecule has 0 bridgehead atoms. The second-order valence-corrected chi connectivity index (χ2v) is 5.87. The van der Waals surface area contributed by atoms with Gasteiger partial charge in [0.1, 0.15) is 0 Å². The highest BCUT2D eigenvalue weighted by Gasteiger charge is 2.28. The fraction of sp³-hybridized carbons (Fsp3) is 0.375. The first-order valence-corrected chi connectivity index (χ1v) is 8.08. The van der Waals surface area contributed by atoms with Gasteiger partial charge in [0.25, 0.3) is 5.91 Å². The molecule has 1 atom stereocenters. The Hall–Kier alpha value is -2.61. The number of nitrogens with zero attached hydrogens (tertiary/aromatic N) is 1. The van der Waals surface area contributed by atoms with Crippen molar-refractivity contribution in [1.29, 1.82) is 0 Å². The molecule has 134 valence electrons. The van der Waals surface area contributed by atoms with Gasteiger partial charge in [0.05, 0.1) is 6.54 Å². The quantitative estimate of drug-likeness (QED) is 0.562. The van der Waals surface area contributed by atoms with E-state index >= 15 is 0 Å². The fourth-order valence-electron chi connectivity index (χ4n) is 2.15. The summed E-state index contributed by atoms with van der Waals surface area (Å²) in [4.78, 5) is 47.5. The molecular formula is C16H18ClN3O5. The molecule has 2 rings (SSSR count). The van der Waals surface area contributed by atoms with Crippen molar-refractivity contribution in [3.8, 4) is 0 Å². The lowest BCUT2D eigenvalue weighted by molar-refractivity contribution is -0.153. The molecule has 1 unspecified atom stereocenters. The molecule has 2 N–H and O–H groups in total. The van der Waals surface area contributed by atoms with Crippen LogP contribution in [0.25, 0.3) is 0 Å². The molecule has 9 heteroatoms. The van der Waals surface area contributed by atoms with Gasteiger partial charge in [0.2, 0.25) is 5.91 Å². The molecule has 1 aromatic rings. The molecule has 0 radical (unpaired) electrons. The molecule has 0 aliphatic carbocycles. The van der Waals surface area contributed by atoms with Crippen molar-refractivity contribution in [1.82, 2.24) is 10.2 Å². The number of urea groups is 1. The number of esters is 1. The van der Waals surface area contributed by atoms with E-state index < -0.39 is 24.0 Å². The first-order chi connectivity index (χ1) is 11.9. The van der Waals surface area contributed by atoms with E-state index in [1.165, 1.54) is 6.92 Å². The lowest BCUT2D eigenvalue weighted by Gasteiger charge is -2.15. The number of halogens is 1. The average molecular weight is 368 g/mol. The molecule has 25 heavy (non-hydrogen) atoms. The maximum atomic E-state index is 12.0. The Balaban J connectivity index is 1.71. The van der Waals surface area contributed by atoms with Crippen LogP contribution >= 0.6 is 11.6 Å². The molecule has 1 aliphatic heterocycles. The number of nitrogens with one attached hydrogen (secondary N) is 2. The summed E-state index contributed by atoms with van der Waals surface area (Å²) >= 11 is 5.76. The Morgan fingerprint density at radius 2 is 2.00 bits per heavy atom. The SMILES string of the molecule is CC(OC(=O)CCCN1C(=O)CNC1=O)C(=O)Nc1ccc(Cl)cc1. The molecular weight excluding hydrogens is 350 g/mol. The number of amides is 4. The van der Waals surface area contributed by atoms with Crippen LogP contribution in [0.5, 0.6) is 0 Å². The zero-order valence-corrected chi connectivity index (χ0v) is 14.3. The van der Waals surface area contributed by atoms with Gasteiger partial charge in [-0.3, -0.25) is 19.3 Å². The van der Waals surface area contributed by atoms with Crippen LogP contribution in [0, 0.1) is 0 Å². The van der Waals surface area contributed by atoms with Gasteiger partial charge in [0.15, 0.2) is 6.10 Å². The first kappa shape index (κ1) is 18.7. The van der Waals surface area contributed by atoms with Crippen LogP contribution in [-0.2, 0) is 19.1 Å². The first-order valence-electron chi connectivity index (χ1n) is 7.71. The van der Waals surface area contributed by atoms with Gasteiger partial charge in [-0.15, -0.1) is 0 Å². The van der Waals surface area contributed by atoms with Crippen molar-refractivity contribution in [2.24, 2.45) is 0 Å². The summed E-state index contributed by atoms with van der Waals surface area (Å²) in [6, 6.07) is 6.06. The van der Waals surface area contributed by atoms with Crippen LogP contribution < -0.4 is 10.6 Å². The minimum Gasteiger partial charge on any atom is -0.453 e. The number of carbonyl (C=O) groups is 4. The summed E-state index contributed by atoms with van der Waals surface area (Å²) < 4.78 is 5.05. The van der Waals surface area contributed by atoms with Crippen LogP contribution in [0.3, 0.4) is 0 Å². The van der Waals surface area contributed by atoms with E-state index in [-0.39, 0.29) is 31.8 Å². The molecule has 0 aromatic heterocycles. The number of carbonyl (C=O) groups excluding carboxylic acids is 4. The maximum Gasteiger partial charge on any atom is 0.324 e. The molecule has 8 nitrogen and oxygen atoms in total. The van der Waals surface area contributed by atoms with E-state index in [1.807, 2.05) is 0 Å². The maximum absolute atomic E-state index is 12.0. The van der Waals surface area contributed by atoms with E-state index in [1.54, 1.807) is 24.3 Å². The minimum absolute atomic E-state index is 0.00434.